The number of nitrogens with zero attached hydrogens (tertiary/aromatic N) is 1. The van der Waals surface area contributed by atoms with E-state index in [0.717, 1.165) is 50.3 Å². The van der Waals surface area contributed by atoms with E-state index >= 15 is 0 Å². The van der Waals surface area contributed by atoms with E-state index in [1.54, 1.807) is 4.90 Å². The van der Waals surface area contributed by atoms with E-state index in [9.17, 15) is 14.4 Å². The van der Waals surface area contributed by atoms with Gasteiger partial charge in [-0.2, -0.15) is 0 Å². The number of carbonyl (C=O) groups is 3. The van der Waals surface area contributed by atoms with Crippen molar-refractivity contribution < 1.29 is 14.4 Å². The van der Waals surface area contributed by atoms with Gasteiger partial charge in [0.2, 0.25) is 17.7 Å². The first-order chi connectivity index (χ1) is 14.9. The molecule has 9 N–H and O–H groups in total. The summed E-state index contributed by atoms with van der Waals surface area (Å²) in [5, 5.41) is 12.9. The minimum absolute atomic E-state index is 0.0249. The van der Waals surface area contributed by atoms with Gasteiger partial charge in [0.15, 0.2) is 5.17 Å². The number of thioether (sulfide) groups is 1. The Morgan fingerprint density at radius 2 is 1.26 bits per heavy atom. The molecule has 11 heteroatoms. The summed E-state index contributed by atoms with van der Waals surface area (Å²) in [6.07, 6.45) is 6.40. The van der Waals surface area contributed by atoms with Crippen LogP contribution in [0.3, 0.4) is 0 Å². The van der Waals surface area contributed by atoms with Crippen molar-refractivity contribution in [2.45, 2.75) is 57.8 Å². The highest BCUT2D eigenvalue weighted by Gasteiger charge is 2.14. The number of rotatable bonds is 19. The lowest BCUT2D eigenvalue weighted by Gasteiger charge is -2.23. The molecule has 10 nitrogen and oxygen atoms in total. The Labute approximate surface area is 190 Å². The molecule has 180 valence electrons. The van der Waals surface area contributed by atoms with Crippen molar-refractivity contribution in [3.8, 4) is 0 Å². The molecule has 0 saturated heterocycles. The highest BCUT2D eigenvalue weighted by molar-refractivity contribution is 8.13. The third kappa shape index (κ3) is 18.6. The Bertz CT molecular complexity index is 505. The van der Waals surface area contributed by atoms with E-state index in [-0.39, 0.29) is 29.3 Å². The van der Waals surface area contributed by atoms with Gasteiger partial charge in [0, 0.05) is 51.2 Å². The number of amides is 3. The quantitative estimate of drug-likeness (QED) is 0.0899. The average Bonchev–Trinajstić information content (AvgIpc) is 2.73. The minimum Gasteiger partial charge on any atom is -0.379 e. The predicted octanol–water partition coefficient (Wildman–Crippen LogP) is 0.102. The molecule has 0 radical (unpaired) electrons. The fourth-order valence-corrected chi connectivity index (χ4v) is 3.31. The molecule has 0 aliphatic carbocycles. The monoisotopic (exact) mass is 459 g/mol. The van der Waals surface area contributed by atoms with E-state index in [1.165, 1.54) is 0 Å². The number of unbranched alkanes of at least 4 members (excludes halogenated alkanes) is 4. The maximum absolute atomic E-state index is 12.5. The lowest BCUT2D eigenvalue weighted by molar-refractivity contribution is -0.131. The van der Waals surface area contributed by atoms with Gasteiger partial charge in [-0.1, -0.05) is 24.6 Å². The SMILES string of the molecule is N=C(N)SCCC(=O)N(CCNC(=O)CCCCCN)CCNC(=O)CCCCCN. The smallest absolute Gasteiger partial charge is 0.223 e. The Morgan fingerprint density at radius 3 is 1.68 bits per heavy atom. The molecule has 0 heterocycles. The summed E-state index contributed by atoms with van der Waals surface area (Å²) >= 11 is 1.12. The molecule has 0 unspecified atom stereocenters. The first kappa shape index (κ1) is 29.1. The first-order valence-corrected chi connectivity index (χ1v) is 12.1. The second-order valence-electron chi connectivity index (χ2n) is 7.24. The minimum atomic E-state index is -0.0943. The van der Waals surface area contributed by atoms with Gasteiger partial charge >= 0.3 is 0 Å². The molecule has 0 aromatic rings. The van der Waals surface area contributed by atoms with Gasteiger partial charge < -0.3 is 32.7 Å². The zero-order valence-corrected chi connectivity index (χ0v) is 19.4. The van der Waals surface area contributed by atoms with Crippen LogP contribution in [0.4, 0.5) is 0 Å². The Hall–Kier alpha value is -1.85. The molecule has 0 atom stereocenters. The van der Waals surface area contributed by atoms with Crippen LogP contribution in [0.5, 0.6) is 0 Å². The summed E-state index contributed by atoms with van der Waals surface area (Å²) in [7, 11) is 0. The van der Waals surface area contributed by atoms with Gasteiger partial charge in [-0.15, -0.1) is 0 Å². The van der Waals surface area contributed by atoms with Crippen LogP contribution in [-0.2, 0) is 14.4 Å². The Kier molecular flexibility index (Phi) is 18.9. The van der Waals surface area contributed by atoms with Crippen molar-refractivity contribution >= 4 is 34.7 Å². The molecule has 0 aromatic heterocycles. The van der Waals surface area contributed by atoms with Gasteiger partial charge in [0.1, 0.15) is 0 Å². The van der Waals surface area contributed by atoms with Crippen LogP contribution >= 0.6 is 11.8 Å². The molecule has 0 aliphatic heterocycles. The summed E-state index contributed by atoms with van der Waals surface area (Å²) in [5.74, 6) is 0.249. The number of hydrogen-bond acceptors (Lipinski definition) is 7. The Morgan fingerprint density at radius 1 is 0.774 bits per heavy atom. The van der Waals surface area contributed by atoms with Gasteiger partial charge in [0.05, 0.1) is 0 Å². The molecule has 0 aromatic carbocycles. The second kappa shape index (κ2) is 20.1. The molecular formula is C20H41N7O3S. The van der Waals surface area contributed by atoms with Crippen LogP contribution in [-0.4, -0.2) is 72.8 Å². The van der Waals surface area contributed by atoms with Crippen LogP contribution in [0.25, 0.3) is 0 Å². The summed E-state index contributed by atoms with van der Waals surface area (Å²) in [6.45, 7) is 2.70. The number of amidine groups is 1. The van der Waals surface area contributed by atoms with Crippen molar-refractivity contribution in [3.05, 3.63) is 0 Å². The maximum atomic E-state index is 12.5. The summed E-state index contributed by atoms with van der Waals surface area (Å²) in [6, 6.07) is 0. The lowest BCUT2D eigenvalue weighted by atomic mass is 10.2. The second-order valence-corrected chi connectivity index (χ2v) is 8.38. The molecule has 0 aliphatic rings. The van der Waals surface area contributed by atoms with E-state index in [2.05, 4.69) is 10.6 Å². The lowest BCUT2D eigenvalue weighted by Crippen LogP contribution is -2.42. The van der Waals surface area contributed by atoms with Gasteiger partial charge in [-0.3, -0.25) is 19.8 Å². The summed E-state index contributed by atoms with van der Waals surface area (Å²) in [4.78, 5) is 38.0. The number of nitrogens with one attached hydrogen (secondary N) is 3. The summed E-state index contributed by atoms with van der Waals surface area (Å²) < 4.78 is 0. The standard InChI is InChI=1S/C20H41N7O3S/c21-10-5-1-3-7-17(28)25-12-14-27(19(30)9-16-31-20(23)24)15-13-26-18(29)8-4-2-6-11-22/h1-16,21-22H2,(H3,23,24)(H,25,28)(H,26,29). The predicted molar refractivity (Wildman–Crippen MR) is 127 cm³/mol. The molecule has 0 fully saturated rings. The zero-order valence-electron chi connectivity index (χ0n) is 18.6. The molecule has 0 bridgehead atoms. The molecular weight excluding hydrogens is 418 g/mol. The highest BCUT2D eigenvalue weighted by atomic mass is 32.2. The largest absolute Gasteiger partial charge is 0.379 e. The third-order valence-electron chi connectivity index (χ3n) is 4.55. The summed E-state index contributed by atoms with van der Waals surface area (Å²) in [5.41, 5.74) is 16.2. The van der Waals surface area contributed by atoms with Crippen molar-refractivity contribution in [1.29, 1.82) is 5.41 Å². The van der Waals surface area contributed by atoms with Crippen LogP contribution in [0.1, 0.15) is 57.8 Å². The zero-order chi connectivity index (χ0) is 23.3. The fourth-order valence-electron chi connectivity index (χ4n) is 2.82. The van der Waals surface area contributed by atoms with Gasteiger partial charge in [-0.05, 0) is 38.8 Å². The molecule has 3 amide bonds. The molecule has 0 saturated carbocycles. The van der Waals surface area contributed by atoms with Crippen LogP contribution in [0.15, 0.2) is 0 Å². The van der Waals surface area contributed by atoms with Crippen molar-refractivity contribution in [2.24, 2.45) is 17.2 Å². The molecule has 0 spiro atoms. The van der Waals surface area contributed by atoms with Gasteiger partial charge in [0.25, 0.3) is 0 Å². The van der Waals surface area contributed by atoms with Crippen molar-refractivity contribution in [3.63, 3.8) is 0 Å². The highest BCUT2D eigenvalue weighted by Crippen LogP contribution is 2.04. The topological polar surface area (TPSA) is 180 Å². The van der Waals surface area contributed by atoms with E-state index in [0.29, 0.717) is 57.9 Å². The normalized spacial score (nSPS) is 10.5. The van der Waals surface area contributed by atoms with Gasteiger partial charge in [-0.25, -0.2) is 0 Å². The number of carbonyl (C=O) groups excluding carboxylic acids is 3. The number of hydrogen-bond donors (Lipinski definition) is 6. The van der Waals surface area contributed by atoms with Crippen molar-refractivity contribution in [1.82, 2.24) is 15.5 Å². The van der Waals surface area contributed by atoms with Crippen LogP contribution in [0, 0.1) is 5.41 Å². The Balaban J connectivity index is 4.35. The van der Waals surface area contributed by atoms with E-state index in [4.69, 9.17) is 22.6 Å². The number of nitrogens with two attached hydrogens (primary N) is 3. The molecule has 31 heavy (non-hydrogen) atoms. The fraction of sp³-hybridized carbons (Fsp3) is 0.800. The maximum Gasteiger partial charge on any atom is 0.223 e. The van der Waals surface area contributed by atoms with E-state index < -0.39 is 0 Å². The average molecular weight is 460 g/mol. The van der Waals surface area contributed by atoms with E-state index in [1.807, 2.05) is 0 Å². The first-order valence-electron chi connectivity index (χ1n) is 11.1. The third-order valence-corrected chi connectivity index (χ3v) is 5.27. The van der Waals surface area contributed by atoms with Crippen molar-refractivity contribution in [2.75, 3.05) is 45.0 Å². The molecule has 0 rings (SSSR count). The van der Waals surface area contributed by atoms with Crippen LogP contribution < -0.4 is 27.8 Å². The van der Waals surface area contributed by atoms with Crippen LogP contribution in [0.2, 0.25) is 0 Å².